The van der Waals surface area contributed by atoms with E-state index >= 15 is 0 Å². The maximum atomic E-state index is 13.6. The predicted octanol–water partition coefficient (Wildman–Crippen LogP) is 4.09. The molecule has 2 aliphatic rings. The second kappa shape index (κ2) is 10.6. The lowest BCUT2D eigenvalue weighted by atomic mass is 9.79. The van der Waals surface area contributed by atoms with Crippen LogP contribution in [0.25, 0.3) is 0 Å². The molecule has 4 rings (SSSR count). The topological polar surface area (TPSA) is 61.9 Å². The van der Waals surface area contributed by atoms with Gasteiger partial charge in [-0.15, -0.1) is 0 Å². The van der Waals surface area contributed by atoms with Crippen LogP contribution in [0.4, 0.5) is 0 Å². The van der Waals surface area contributed by atoms with Gasteiger partial charge in [0.1, 0.15) is 5.75 Å². The fourth-order valence-electron chi connectivity index (χ4n) is 5.77. The lowest BCUT2D eigenvalue weighted by Crippen LogP contribution is -2.46. The number of piperidine rings is 1. The molecule has 0 saturated carbocycles. The van der Waals surface area contributed by atoms with Gasteiger partial charge in [-0.3, -0.25) is 9.59 Å². The second-order valence-corrected chi connectivity index (χ2v) is 10.0. The minimum Gasteiger partial charge on any atom is -0.497 e. The van der Waals surface area contributed by atoms with E-state index in [0.29, 0.717) is 12.1 Å². The van der Waals surface area contributed by atoms with E-state index in [1.807, 2.05) is 48.5 Å². The van der Waals surface area contributed by atoms with Gasteiger partial charge < -0.3 is 19.9 Å². The Kier molecular flexibility index (Phi) is 7.57. The Morgan fingerprint density at radius 3 is 2.41 bits per heavy atom. The Morgan fingerprint density at radius 1 is 1.06 bits per heavy atom. The number of likely N-dealkylation sites (tertiary alicyclic amines) is 1. The number of amides is 2. The minimum atomic E-state index is -0.470. The molecule has 182 valence electrons. The Balaban J connectivity index is 1.50. The highest BCUT2D eigenvalue weighted by Crippen LogP contribution is 2.42. The molecule has 6 heteroatoms. The fraction of sp³-hybridized carbons (Fsp3) is 0.500. The molecule has 1 fully saturated rings. The van der Waals surface area contributed by atoms with Crippen molar-refractivity contribution in [1.82, 2.24) is 15.1 Å². The van der Waals surface area contributed by atoms with Crippen LogP contribution >= 0.6 is 0 Å². The van der Waals surface area contributed by atoms with Crippen molar-refractivity contribution in [3.63, 3.8) is 0 Å². The van der Waals surface area contributed by atoms with Crippen molar-refractivity contribution in [2.24, 2.45) is 11.8 Å². The highest BCUT2D eigenvalue weighted by atomic mass is 16.5. The van der Waals surface area contributed by atoms with Crippen molar-refractivity contribution < 1.29 is 14.3 Å². The summed E-state index contributed by atoms with van der Waals surface area (Å²) >= 11 is 0. The van der Waals surface area contributed by atoms with Crippen LogP contribution in [-0.2, 0) is 4.79 Å². The second-order valence-electron chi connectivity index (χ2n) is 10.0. The number of ether oxygens (including phenoxy) is 1. The van der Waals surface area contributed by atoms with E-state index in [1.54, 1.807) is 19.1 Å². The number of fused-ring (bicyclic) bond motifs is 1. The van der Waals surface area contributed by atoms with E-state index < -0.39 is 5.92 Å². The smallest absolute Gasteiger partial charge is 0.254 e. The van der Waals surface area contributed by atoms with Gasteiger partial charge in [0, 0.05) is 32.2 Å². The van der Waals surface area contributed by atoms with Crippen molar-refractivity contribution in [1.29, 1.82) is 0 Å². The molecule has 2 aromatic carbocycles. The first-order valence-electron chi connectivity index (χ1n) is 12.4. The molecule has 0 radical (unpaired) electrons. The highest BCUT2D eigenvalue weighted by molar-refractivity contribution is 6.01. The maximum Gasteiger partial charge on any atom is 0.254 e. The van der Waals surface area contributed by atoms with Crippen molar-refractivity contribution >= 4 is 11.8 Å². The molecule has 0 bridgehead atoms. The van der Waals surface area contributed by atoms with Gasteiger partial charge in [0.25, 0.3) is 5.91 Å². The first kappa shape index (κ1) is 24.3. The van der Waals surface area contributed by atoms with Crippen LogP contribution in [0, 0.1) is 11.8 Å². The number of carbonyl (C=O) groups excluding carboxylic acids is 2. The van der Waals surface area contributed by atoms with E-state index in [4.69, 9.17) is 4.74 Å². The van der Waals surface area contributed by atoms with Crippen molar-refractivity contribution in [2.45, 2.75) is 38.6 Å². The number of carbonyl (C=O) groups is 2. The number of rotatable bonds is 7. The summed E-state index contributed by atoms with van der Waals surface area (Å²) in [6.45, 7) is 8.55. The average Bonchev–Trinajstić information content (AvgIpc) is 2.83. The number of nitrogens with zero attached hydrogens (tertiary/aromatic N) is 2. The predicted molar refractivity (Wildman–Crippen MR) is 134 cm³/mol. The summed E-state index contributed by atoms with van der Waals surface area (Å²) in [5, 5.41) is 3.18. The van der Waals surface area contributed by atoms with Crippen LogP contribution in [0.15, 0.2) is 48.5 Å². The van der Waals surface area contributed by atoms with Crippen LogP contribution in [0.3, 0.4) is 0 Å². The summed E-state index contributed by atoms with van der Waals surface area (Å²) in [6.07, 6.45) is 2.22. The molecule has 0 aliphatic carbocycles. The summed E-state index contributed by atoms with van der Waals surface area (Å²) < 4.78 is 5.30. The van der Waals surface area contributed by atoms with Crippen molar-refractivity contribution in [2.75, 3.05) is 40.3 Å². The number of hydrogen-bond acceptors (Lipinski definition) is 4. The van der Waals surface area contributed by atoms with Gasteiger partial charge in [-0.2, -0.15) is 0 Å². The third kappa shape index (κ3) is 5.12. The lowest BCUT2D eigenvalue weighted by Gasteiger charge is -2.40. The van der Waals surface area contributed by atoms with E-state index in [-0.39, 0.29) is 17.9 Å². The molecule has 2 amide bonds. The lowest BCUT2D eigenvalue weighted by molar-refractivity contribution is -0.124. The van der Waals surface area contributed by atoms with E-state index in [0.717, 1.165) is 54.8 Å². The zero-order chi connectivity index (χ0) is 24.2. The molecule has 4 atom stereocenters. The molecule has 34 heavy (non-hydrogen) atoms. The van der Waals surface area contributed by atoms with Gasteiger partial charge in [-0.1, -0.05) is 44.2 Å². The molecule has 2 aromatic rings. The number of nitrogens with one attached hydrogen (secondary N) is 1. The zero-order valence-electron chi connectivity index (χ0n) is 20.8. The molecule has 2 aliphatic heterocycles. The molecule has 0 unspecified atom stereocenters. The Labute approximate surface area is 203 Å². The number of methoxy groups -OCH3 is 1. The molecular weight excluding hydrogens is 426 g/mol. The average molecular weight is 464 g/mol. The first-order valence-corrected chi connectivity index (χ1v) is 12.4. The van der Waals surface area contributed by atoms with Crippen LogP contribution in [0.1, 0.15) is 60.1 Å². The zero-order valence-corrected chi connectivity index (χ0v) is 20.8. The SMILES string of the molecule is COc1ccc([C@@H]2[C@H](C(=O)NCCCN3C[C@@H](C)C[C@H](C)C3)c3ccccc3C(=O)N2C)cc1. The Bertz CT molecular complexity index is 996. The first-order chi connectivity index (χ1) is 16.4. The monoisotopic (exact) mass is 463 g/mol. The van der Waals surface area contributed by atoms with Crippen LogP contribution in [0.2, 0.25) is 0 Å². The summed E-state index contributed by atoms with van der Waals surface area (Å²) in [5.74, 6) is 1.64. The van der Waals surface area contributed by atoms with E-state index in [2.05, 4.69) is 24.1 Å². The van der Waals surface area contributed by atoms with Gasteiger partial charge in [0.2, 0.25) is 5.91 Å². The molecule has 0 aromatic heterocycles. The molecule has 0 spiro atoms. The number of likely N-dealkylation sites (N-methyl/N-ethyl adjacent to an activating group) is 1. The van der Waals surface area contributed by atoms with Gasteiger partial charge >= 0.3 is 0 Å². The van der Waals surface area contributed by atoms with E-state index in [9.17, 15) is 9.59 Å². The number of hydrogen-bond donors (Lipinski definition) is 1. The van der Waals surface area contributed by atoms with Gasteiger partial charge in [-0.25, -0.2) is 0 Å². The quantitative estimate of drug-likeness (QED) is 0.629. The molecule has 2 heterocycles. The summed E-state index contributed by atoms with van der Waals surface area (Å²) in [4.78, 5) is 31.0. The summed E-state index contributed by atoms with van der Waals surface area (Å²) in [5.41, 5.74) is 2.32. The molecule has 1 saturated heterocycles. The Hall–Kier alpha value is -2.86. The maximum absolute atomic E-state index is 13.6. The molecule has 6 nitrogen and oxygen atoms in total. The summed E-state index contributed by atoms with van der Waals surface area (Å²) in [7, 11) is 3.41. The third-order valence-corrected chi connectivity index (χ3v) is 7.21. The minimum absolute atomic E-state index is 0.0343. The largest absolute Gasteiger partial charge is 0.497 e. The van der Waals surface area contributed by atoms with Gasteiger partial charge in [0.15, 0.2) is 0 Å². The van der Waals surface area contributed by atoms with Crippen LogP contribution in [-0.4, -0.2) is 62.0 Å². The Morgan fingerprint density at radius 2 is 1.74 bits per heavy atom. The fourth-order valence-corrected chi connectivity index (χ4v) is 5.77. The number of benzene rings is 2. The van der Waals surface area contributed by atoms with Crippen molar-refractivity contribution in [3.05, 3.63) is 65.2 Å². The normalized spacial score (nSPS) is 25.1. The third-order valence-electron chi connectivity index (χ3n) is 7.21. The standard InChI is InChI=1S/C28H37N3O3/c1-19-16-20(2)18-31(17-19)15-7-14-29-27(32)25-23-8-5-6-9-24(23)28(33)30(3)26(25)21-10-12-22(34-4)13-11-21/h5-6,8-13,19-20,25-26H,7,14-18H2,1-4H3,(H,29,32)/t19-,20-,25+,26+/m0/s1. The van der Waals surface area contributed by atoms with Crippen LogP contribution < -0.4 is 10.1 Å². The van der Waals surface area contributed by atoms with Crippen molar-refractivity contribution in [3.8, 4) is 5.75 Å². The summed E-state index contributed by atoms with van der Waals surface area (Å²) in [6, 6.07) is 14.8. The van der Waals surface area contributed by atoms with Gasteiger partial charge in [0.05, 0.1) is 19.1 Å². The van der Waals surface area contributed by atoms with E-state index in [1.165, 1.54) is 6.42 Å². The van der Waals surface area contributed by atoms with Gasteiger partial charge in [-0.05, 0) is 60.5 Å². The van der Waals surface area contributed by atoms with Crippen LogP contribution in [0.5, 0.6) is 5.75 Å². The molecular formula is C28H37N3O3. The molecule has 1 N–H and O–H groups in total. The highest BCUT2D eigenvalue weighted by Gasteiger charge is 2.42.